The van der Waals surface area contributed by atoms with E-state index in [9.17, 15) is 4.79 Å². The molecule has 88 valence electrons. The van der Waals surface area contributed by atoms with E-state index in [0.717, 1.165) is 16.3 Å². The van der Waals surface area contributed by atoms with Crippen LogP contribution >= 0.6 is 0 Å². The lowest BCUT2D eigenvalue weighted by Crippen LogP contribution is -2.35. The summed E-state index contributed by atoms with van der Waals surface area (Å²) < 4.78 is 0. The molecule has 0 spiro atoms. The molecule has 1 aromatic carbocycles. The van der Waals surface area contributed by atoms with Gasteiger partial charge in [-0.3, -0.25) is 9.78 Å². The van der Waals surface area contributed by atoms with E-state index in [1.54, 1.807) is 19.4 Å². The van der Waals surface area contributed by atoms with Crippen molar-refractivity contribution in [3.8, 4) is 0 Å². The van der Waals surface area contributed by atoms with E-state index in [2.05, 4.69) is 10.3 Å². The van der Waals surface area contributed by atoms with Gasteiger partial charge >= 0.3 is 5.97 Å². The van der Waals surface area contributed by atoms with Crippen molar-refractivity contribution in [3.63, 3.8) is 0 Å². The Balaban J connectivity index is 2.27. The molecule has 0 amide bonds. The minimum absolute atomic E-state index is 0.469. The van der Waals surface area contributed by atoms with E-state index >= 15 is 0 Å². The number of fused-ring (bicyclic) bond motifs is 1. The maximum absolute atomic E-state index is 10.9. The van der Waals surface area contributed by atoms with E-state index in [4.69, 9.17) is 5.11 Å². The molecule has 0 fully saturated rings. The summed E-state index contributed by atoms with van der Waals surface area (Å²) in [5, 5.41) is 13.9. The first-order valence-electron chi connectivity index (χ1n) is 5.43. The first-order chi connectivity index (χ1) is 8.20. The van der Waals surface area contributed by atoms with Crippen LogP contribution in [0.3, 0.4) is 0 Å². The second-order valence-electron chi connectivity index (χ2n) is 3.94. The second kappa shape index (κ2) is 4.93. The summed E-state index contributed by atoms with van der Waals surface area (Å²) in [5.74, 6) is -0.834. The van der Waals surface area contributed by atoms with Gasteiger partial charge in [-0.2, -0.15) is 0 Å². The molecule has 0 radical (unpaired) electrons. The third-order valence-electron chi connectivity index (χ3n) is 2.79. The summed E-state index contributed by atoms with van der Waals surface area (Å²) in [6.45, 7) is 0. The Hall–Kier alpha value is -1.94. The van der Waals surface area contributed by atoms with Crippen LogP contribution in [0.4, 0.5) is 0 Å². The summed E-state index contributed by atoms with van der Waals surface area (Å²) >= 11 is 0. The van der Waals surface area contributed by atoms with E-state index < -0.39 is 12.0 Å². The fourth-order valence-corrected chi connectivity index (χ4v) is 1.81. The van der Waals surface area contributed by atoms with E-state index in [0.29, 0.717) is 6.42 Å². The Morgan fingerprint density at radius 1 is 1.41 bits per heavy atom. The summed E-state index contributed by atoms with van der Waals surface area (Å²) in [4.78, 5) is 15.0. The van der Waals surface area contributed by atoms with Crippen LogP contribution in [0.2, 0.25) is 0 Å². The molecule has 1 heterocycles. The number of benzene rings is 1. The number of aliphatic carboxylic acids is 1. The molecule has 0 unspecified atom stereocenters. The van der Waals surface area contributed by atoms with Crippen LogP contribution in [0.5, 0.6) is 0 Å². The van der Waals surface area contributed by atoms with Crippen LogP contribution < -0.4 is 5.32 Å². The Labute approximate surface area is 99.3 Å². The van der Waals surface area contributed by atoms with Crippen LogP contribution in [0.15, 0.2) is 36.7 Å². The molecule has 0 saturated carbocycles. The summed E-state index contributed by atoms with van der Waals surface area (Å²) in [6, 6.07) is 7.31. The Morgan fingerprint density at radius 2 is 2.24 bits per heavy atom. The normalized spacial score (nSPS) is 12.5. The number of carbonyl (C=O) groups is 1. The molecule has 4 nitrogen and oxygen atoms in total. The number of aromatic nitrogens is 1. The van der Waals surface area contributed by atoms with Crippen molar-refractivity contribution in [2.45, 2.75) is 12.5 Å². The Kier molecular flexibility index (Phi) is 3.35. The van der Waals surface area contributed by atoms with Crippen molar-refractivity contribution in [1.29, 1.82) is 0 Å². The zero-order valence-corrected chi connectivity index (χ0v) is 9.55. The number of pyridine rings is 1. The number of likely N-dealkylation sites (N-methyl/N-ethyl adjacent to an activating group) is 1. The van der Waals surface area contributed by atoms with Crippen molar-refractivity contribution in [2.24, 2.45) is 0 Å². The van der Waals surface area contributed by atoms with E-state index in [1.807, 2.05) is 24.3 Å². The zero-order chi connectivity index (χ0) is 12.3. The quantitative estimate of drug-likeness (QED) is 0.834. The lowest BCUT2D eigenvalue weighted by molar-refractivity contribution is -0.139. The molecule has 17 heavy (non-hydrogen) atoms. The smallest absolute Gasteiger partial charge is 0.321 e. The largest absolute Gasteiger partial charge is 0.480 e. The van der Waals surface area contributed by atoms with Crippen molar-refractivity contribution in [3.05, 3.63) is 42.2 Å². The molecule has 0 bridgehead atoms. The Morgan fingerprint density at radius 3 is 2.94 bits per heavy atom. The monoisotopic (exact) mass is 230 g/mol. The SMILES string of the molecule is CN[C@@H](Cc1ccc2ccncc2c1)C(=O)O. The van der Waals surface area contributed by atoms with Gasteiger partial charge in [-0.15, -0.1) is 0 Å². The molecule has 2 rings (SSSR count). The minimum Gasteiger partial charge on any atom is -0.480 e. The van der Waals surface area contributed by atoms with E-state index in [-0.39, 0.29) is 0 Å². The Bertz CT molecular complexity index is 540. The van der Waals surface area contributed by atoms with Gasteiger partial charge in [-0.1, -0.05) is 12.1 Å². The molecule has 0 aliphatic carbocycles. The van der Waals surface area contributed by atoms with Crippen molar-refractivity contribution in [1.82, 2.24) is 10.3 Å². The molecular weight excluding hydrogens is 216 g/mol. The molecule has 1 aromatic heterocycles. The average molecular weight is 230 g/mol. The lowest BCUT2D eigenvalue weighted by atomic mass is 10.0. The van der Waals surface area contributed by atoms with Gasteiger partial charge in [-0.25, -0.2) is 0 Å². The van der Waals surface area contributed by atoms with Crippen LogP contribution in [0, 0.1) is 0 Å². The van der Waals surface area contributed by atoms with Crippen LogP contribution in [-0.4, -0.2) is 29.1 Å². The lowest BCUT2D eigenvalue weighted by Gasteiger charge is -2.11. The van der Waals surface area contributed by atoms with Gasteiger partial charge in [0, 0.05) is 17.8 Å². The highest BCUT2D eigenvalue weighted by Gasteiger charge is 2.15. The molecule has 2 aromatic rings. The molecule has 0 aliphatic rings. The van der Waals surface area contributed by atoms with Crippen molar-refractivity contribution in [2.75, 3.05) is 7.05 Å². The summed E-state index contributed by atoms with van der Waals surface area (Å²) in [6.07, 6.45) is 4.00. The summed E-state index contributed by atoms with van der Waals surface area (Å²) in [5.41, 5.74) is 0.993. The number of carboxylic acids is 1. The van der Waals surface area contributed by atoms with Gasteiger partial charge in [0.05, 0.1) is 0 Å². The maximum atomic E-state index is 10.9. The van der Waals surface area contributed by atoms with Gasteiger partial charge in [0.25, 0.3) is 0 Å². The number of hydrogen-bond acceptors (Lipinski definition) is 3. The topological polar surface area (TPSA) is 62.2 Å². The number of carboxylic acid groups (broad SMARTS) is 1. The van der Waals surface area contributed by atoms with Gasteiger partial charge in [0.15, 0.2) is 0 Å². The average Bonchev–Trinajstić information content (AvgIpc) is 2.35. The predicted molar refractivity (Wildman–Crippen MR) is 65.9 cm³/mol. The predicted octanol–water partition coefficient (Wildman–Crippen LogP) is 1.45. The van der Waals surface area contributed by atoms with Gasteiger partial charge in [0.1, 0.15) is 6.04 Å². The molecule has 4 heteroatoms. The fraction of sp³-hybridized carbons (Fsp3) is 0.231. The standard InChI is InChI=1S/C13H14N2O2/c1-14-12(13(16)17)7-9-2-3-10-4-5-15-8-11(10)6-9/h2-6,8,12,14H,7H2,1H3,(H,16,17)/t12-/m0/s1. The number of nitrogens with zero attached hydrogens (tertiary/aromatic N) is 1. The highest BCUT2D eigenvalue weighted by atomic mass is 16.4. The van der Waals surface area contributed by atoms with Crippen molar-refractivity contribution < 1.29 is 9.90 Å². The number of hydrogen-bond donors (Lipinski definition) is 2. The van der Waals surface area contributed by atoms with Gasteiger partial charge in [-0.05, 0) is 36.6 Å². The van der Waals surface area contributed by atoms with E-state index in [1.165, 1.54) is 0 Å². The number of rotatable bonds is 4. The third kappa shape index (κ3) is 2.60. The highest BCUT2D eigenvalue weighted by molar-refractivity contribution is 5.82. The minimum atomic E-state index is -0.834. The van der Waals surface area contributed by atoms with Gasteiger partial charge < -0.3 is 10.4 Å². The first-order valence-corrected chi connectivity index (χ1v) is 5.43. The fourth-order valence-electron chi connectivity index (χ4n) is 1.81. The van der Waals surface area contributed by atoms with Crippen LogP contribution in [-0.2, 0) is 11.2 Å². The number of nitrogens with one attached hydrogen (secondary N) is 1. The van der Waals surface area contributed by atoms with Crippen LogP contribution in [0.25, 0.3) is 10.8 Å². The van der Waals surface area contributed by atoms with Crippen molar-refractivity contribution >= 4 is 16.7 Å². The van der Waals surface area contributed by atoms with Gasteiger partial charge in [0.2, 0.25) is 0 Å². The second-order valence-corrected chi connectivity index (χ2v) is 3.94. The maximum Gasteiger partial charge on any atom is 0.321 e. The molecule has 1 atom stereocenters. The zero-order valence-electron chi connectivity index (χ0n) is 9.55. The summed E-state index contributed by atoms with van der Waals surface area (Å²) in [7, 11) is 1.65. The van der Waals surface area contributed by atoms with Crippen LogP contribution in [0.1, 0.15) is 5.56 Å². The third-order valence-corrected chi connectivity index (χ3v) is 2.79. The molecule has 0 saturated heterocycles. The molecule has 0 aliphatic heterocycles. The highest BCUT2D eigenvalue weighted by Crippen LogP contribution is 2.15. The molecule has 2 N–H and O–H groups in total. The molecular formula is C13H14N2O2. The first kappa shape index (κ1) is 11.5.